The Labute approximate surface area is 145 Å². The highest BCUT2D eigenvalue weighted by Gasteiger charge is 2.19. The molecule has 0 aliphatic heterocycles. The Bertz CT molecular complexity index is 998. The largest absolute Gasteiger partial charge is 0.321 e. The van der Waals surface area contributed by atoms with E-state index in [9.17, 15) is 8.78 Å². The Balaban J connectivity index is 1.64. The molecule has 126 valence electrons. The number of tetrazole rings is 1. The molecule has 0 aliphatic rings. The van der Waals surface area contributed by atoms with E-state index < -0.39 is 6.55 Å². The molecule has 6 nitrogen and oxygen atoms in total. The summed E-state index contributed by atoms with van der Waals surface area (Å²) in [7, 11) is 0. The molecule has 0 saturated carbocycles. The number of para-hydroxylation sites is 3. The molecule has 0 radical (unpaired) electrons. The zero-order valence-electron chi connectivity index (χ0n) is 12.8. The van der Waals surface area contributed by atoms with Gasteiger partial charge in [-0.1, -0.05) is 42.1 Å². The van der Waals surface area contributed by atoms with Crippen LogP contribution in [0.5, 0.6) is 0 Å². The summed E-state index contributed by atoms with van der Waals surface area (Å²) in [6.07, 6.45) is 0. The third-order valence-electron chi connectivity index (χ3n) is 3.62. The molecule has 0 spiro atoms. The molecule has 0 N–H and O–H groups in total. The lowest BCUT2D eigenvalue weighted by Gasteiger charge is -2.07. The molecule has 4 rings (SSSR count). The summed E-state index contributed by atoms with van der Waals surface area (Å²) in [6.45, 7) is -2.67. The van der Waals surface area contributed by atoms with Crippen molar-refractivity contribution in [2.45, 2.75) is 17.5 Å². The SMILES string of the molecule is FC(F)n1c(SCc2nnnn2-c2ccccc2)nc2ccccc21. The van der Waals surface area contributed by atoms with E-state index in [1.807, 2.05) is 30.3 Å². The van der Waals surface area contributed by atoms with Crippen LogP contribution in [-0.4, -0.2) is 29.8 Å². The fraction of sp³-hybridized carbons (Fsp3) is 0.125. The van der Waals surface area contributed by atoms with Crippen LogP contribution in [0.3, 0.4) is 0 Å². The molecule has 0 unspecified atom stereocenters. The van der Waals surface area contributed by atoms with Crippen molar-refractivity contribution in [2.75, 3.05) is 0 Å². The molecule has 2 aromatic carbocycles. The van der Waals surface area contributed by atoms with Gasteiger partial charge in [0, 0.05) is 0 Å². The monoisotopic (exact) mass is 358 g/mol. The Kier molecular flexibility index (Phi) is 4.14. The number of aromatic nitrogens is 6. The van der Waals surface area contributed by atoms with Crippen LogP contribution >= 0.6 is 11.8 Å². The van der Waals surface area contributed by atoms with Gasteiger partial charge in [-0.25, -0.2) is 4.98 Å². The number of imidazole rings is 1. The number of nitrogens with zero attached hydrogens (tertiary/aromatic N) is 6. The maximum Gasteiger partial charge on any atom is 0.321 e. The molecular formula is C16H12F2N6S. The smallest absolute Gasteiger partial charge is 0.261 e. The Morgan fingerprint density at radius 2 is 1.76 bits per heavy atom. The van der Waals surface area contributed by atoms with Crippen molar-refractivity contribution in [1.29, 1.82) is 0 Å². The van der Waals surface area contributed by atoms with E-state index in [1.54, 1.807) is 28.9 Å². The average Bonchev–Trinajstić information content (AvgIpc) is 3.24. The number of hydrogen-bond acceptors (Lipinski definition) is 5. The molecular weight excluding hydrogens is 346 g/mol. The third kappa shape index (κ3) is 2.98. The first-order chi connectivity index (χ1) is 12.2. The van der Waals surface area contributed by atoms with Gasteiger partial charge in [-0.05, 0) is 34.7 Å². The van der Waals surface area contributed by atoms with Crippen molar-refractivity contribution in [3.8, 4) is 5.69 Å². The van der Waals surface area contributed by atoms with Crippen molar-refractivity contribution >= 4 is 22.8 Å². The van der Waals surface area contributed by atoms with Gasteiger partial charge in [0.05, 0.1) is 22.5 Å². The normalized spacial score (nSPS) is 11.5. The fourth-order valence-corrected chi connectivity index (χ4v) is 3.43. The minimum absolute atomic E-state index is 0.235. The van der Waals surface area contributed by atoms with Crippen LogP contribution in [0.25, 0.3) is 16.7 Å². The Hall–Kier alpha value is -2.81. The lowest BCUT2D eigenvalue weighted by molar-refractivity contribution is 0.0656. The summed E-state index contributed by atoms with van der Waals surface area (Å²) in [5.74, 6) is 0.877. The van der Waals surface area contributed by atoms with Crippen LogP contribution in [0.4, 0.5) is 8.78 Å². The summed E-state index contributed by atoms with van der Waals surface area (Å²) >= 11 is 1.18. The Morgan fingerprint density at radius 3 is 2.56 bits per heavy atom. The maximum absolute atomic E-state index is 13.5. The highest BCUT2D eigenvalue weighted by Crippen LogP contribution is 2.30. The van der Waals surface area contributed by atoms with Gasteiger partial charge in [0.15, 0.2) is 11.0 Å². The lowest BCUT2D eigenvalue weighted by Crippen LogP contribution is -2.03. The third-order valence-corrected chi connectivity index (χ3v) is 4.57. The van der Waals surface area contributed by atoms with Gasteiger partial charge >= 0.3 is 6.55 Å². The second-order valence-electron chi connectivity index (χ2n) is 5.16. The molecule has 2 heterocycles. The zero-order chi connectivity index (χ0) is 17.2. The highest BCUT2D eigenvalue weighted by molar-refractivity contribution is 7.98. The summed E-state index contributed by atoms with van der Waals surface area (Å²) < 4.78 is 29.4. The van der Waals surface area contributed by atoms with E-state index in [0.717, 1.165) is 10.3 Å². The van der Waals surface area contributed by atoms with Crippen LogP contribution in [0.2, 0.25) is 0 Å². The summed E-state index contributed by atoms with van der Waals surface area (Å²) in [5.41, 5.74) is 1.75. The predicted molar refractivity (Wildman–Crippen MR) is 89.7 cm³/mol. The van der Waals surface area contributed by atoms with Crippen molar-refractivity contribution in [3.05, 3.63) is 60.4 Å². The number of hydrogen-bond donors (Lipinski definition) is 0. The molecule has 0 bridgehead atoms. The predicted octanol–water partition coefficient (Wildman–Crippen LogP) is 3.70. The molecule has 25 heavy (non-hydrogen) atoms. The van der Waals surface area contributed by atoms with Crippen molar-refractivity contribution in [3.63, 3.8) is 0 Å². The van der Waals surface area contributed by atoms with Gasteiger partial charge in [-0.2, -0.15) is 13.5 Å². The zero-order valence-corrected chi connectivity index (χ0v) is 13.6. The van der Waals surface area contributed by atoms with Gasteiger partial charge in [0.1, 0.15) is 0 Å². The van der Waals surface area contributed by atoms with Crippen LogP contribution in [0.1, 0.15) is 12.4 Å². The van der Waals surface area contributed by atoms with Gasteiger partial charge in [0.25, 0.3) is 0 Å². The number of alkyl halides is 2. The highest BCUT2D eigenvalue weighted by atomic mass is 32.2. The number of benzene rings is 2. The lowest BCUT2D eigenvalue weighted by atomic mass is 10.3. The van der Waals surface area contributed by atoms with Crippen molar-refractivity contribution < 1.29 is 8.78 Å². The van der Waals surface area contributed by atoms with E-state index in [0.29, 0.717) is 22.6 Å². The first-order valence-corrected chi connectivity index (χ1v) is 8.43. The van der Waals surface area contributed by atoms with E-state index in [2.05, 4.69) is 20.5 Å². The molecule has 4 aromatic rings. The van der Waals surface area contributed by atoms with Crippen molar-refractivity contribution in [2.24, 2.45) is 0 Å². The summed E-state index contributed by atoms with van der Waals surface area (Å²) in [4.78, 5) is 4.30. The first-order valence-electron chi connectivity index (χ1n) is 7.44. The van der Waals surface area contributed by atoms with Crippen LogP contribution < -0.4 is 0 Å². The van der Waals surface area contributed by atoms with Crippen molar-refractivity contribution in [1.82, 2.24) is 29.8 Å². The second-order valence-corrected chi connectivity index (χ2v) is 6.10. The molecule has 0 fully saturated rings. The minimum Gasteiger partial charge on any atom is -0.261 e. The molecule has 9 heteroatoms. The number of thioether (sulfide) groups is 1. The van der Waals surface area contributed by atoms with Gasteiger partial charge in [0.2, 0.25) is 0 Å². The maximum atomic E-state index is 13.5. The number of halogens is 2. The van der Waals surface area contributed by atoms with E-state index in [-0.39, 0.29) is 5.16 Å². The molecule has 2 aromatic heterocycles. The minimum atomic E-state index is -2.67. The summed E-state index contributed by atoms with van der Waals surface area (Å²) in [5, 5.41) is 11.9. The van der Waals surface area contributed by atoms with Crippen LogP contribution in [0, 0.1) is 0 Å². The average molecular weight is 358 g/mol. The Morgan fingerprint density at radius 1 is 1.00 bits per heavy atom. The van der Waals surface area contributed by atoms with Crippen LogP contribution in [-0.2, 0) is 5.75 Å². The van der Waals surface area contributed by atoms with Gasteiger partial charge in [-0.3, -0.25) is 4.57 Å². The van der Waals surface area contributed by atoms with E-state index in [4.69, 9.17) is 0 Å². The van der Waals surface area contributed by atoms with E-state index >= 15 is 0 Å². The molecule has 0 saturated heterocycles. The van der Waals surface area contributed by atoms with Gasteiger partial charge in [-0.15, -0.1) is 5.10 Å². The van der Waals surface area contributed by atoms with Gasteiger partial charge < -0.3 is 0 Å². The number of fused-ring (bicyclic) bond motifs is 1. The summed E-state index contributed by atoms with van der Waals surface area (Å²) in [6, 6.07) is 16.2. The molecule has 0 atom stereocenters. The molecule has 0 amide bonds. The molecule has 0 aliphatic carbocycles. The van der Waals surface area contributed by atoms with E-state index in [1.165, 1.54) is 11.8 Å². The standard InChI is InChI=1S/C16H12F2N6S/c17-15(18)23-13-9-5-4-8-12(13)19-16(23)25-10-14-20-21-22-24(14)11-6-2-1-3-7-11/h1-9,15H,10H2. The topological polar surface area (TPSA) is 61.4 Å². The second kappa shape index (κ2) is 6.60. The quantitative estimate of drug-likeness (QED) is 0.509. The number of rotatable bonds is 5. The first kappa shape index (κ1) is 15.7. The fourth-order valence-electron chi connectivity index (χ4n) is 2.51. The van der Waals surface area contributed by atoms with Crippen LogP contribution in [0.15, 0.2) is 59.8 Å².